The van der Waals surface area contributed by atoms with Crippen LogP contribution in [-0.4, -0.2) is 10.1 Å². The molecule has 0 aliphatic carbocycles. The van der Waals surface area contributed by atoms with Crippen molar-refractivity contribution in [3.05, 3.63) is 65.3 Å². The first-order valence-electron chi connectivity index (χ1n) is 6.56. The van der Waals surface area contributed by atoms with E-state index in [0.717, 1.165) is 5.56 Å². The second-order valence-corrected chi connectivity index (χ2v) is 4.85. The molecule has 2 N–H and O–H groups in total. The van der Waals surface area contributed by atoms with Gasteiger partial charge in [0, 0.05) is 11.3 Å². The molecule has 0 aliphatic rings. The number of nitrogen functional groups attached to an aromatic ring is 1. The van der Waals surface area contributed by atoms with Crippen LogP contribution in [0.15, 0.2) is 47.0 Å². The largest absolute Gasteiger partial charge is 0.398 e. The Bertz CT molecular complexity index is 783. The lowest BCUT2D eigenvalue weighted by Gasteiger charge is -2.00. The van der Waals surface area contributed by atoms with Crippen LogP contribution in [0.2, 0.25) is 0 Å². The van der Waals surface area contributed by atoms with Gasteiger partial charge in [-0.25, -0.2) is 4.39 Å². The maximum absolute atomic E-state index is 13.6. The van der Waals surface area contributed by atoms with E-state index in [1.165, 1.54) is 6.07 Å². The molecule has 3 rings (SSSR count). The first-order chi connectivity index (χ1) is 10.1. The van der Waals surface area contributed by atoms with Crippen molar-refractivity contribution in [3.8, 4) is 11.4 Å². The van der Waals surface area contributed by atoms with Crippen LogP contribution in [-0.2, 0) is 6.42 Å². The first-order valence-corrected chi connectivity index (χ1v) is 6.56. The minimum Gasteiger partial charge on any atom is -0.398 e. The Morgan fingerprint density at radius 1 is 1.19 bits per heavy atom. The molecule has 1 heterocycles. The van der Waals surface area contributed by atoms with E-state index in [-0.39, 0.29) is 5.82 Å². The summed E-state index contributed by atoms with van der Waals surface area (Å²) in [6.45, 7) is 1.71. The molecule has 0 atom stereocenters. The Balaban J connectivity index is 1.86. The number of aryl methyl sites for hydroxylation is 1. The normalized spacial score (nSPS) is 10.8. The minimum atomic E-state index is -0.286. The van der Waals surface area contributed by atoms with Gasteiger partial charge in [0.15, 0.2) is 0 Å². The van der Waals surface area contributed by atoms with Gasteiger partial charge in [0.2, 0.25) is 11.7 Å². The summed E-state index contributed by atoms with van der Waals surface area (Å²) in [6, 6.07) is 12.4. The molecule has 0 bridgehead atoms. The molecule has 1 aromatic heterocycles. The maximum Gasteiger partial charge on any atom is 0.231 e. The molecule has 106 valence electrons. The third-order valence-electron chi connectivity index (χ3n) is 3.29. The van der Waals surface area contributed by atoms with Crippen LogP contribution >= 0.6 is 0 Å². The molecule has 0 spiro atoms. The molecule has 21 heavy (non-hydrogen) atoms. The van der Waals surface area contributed by atoms with Crippen LogP contribution in [0.3, 0.4) is 0 Å². The lowest BCUT2D eigenvalue weighted by molar-refractivity contribution is 0.386. The van der Waals surface area contributed by atoms with E-state index < -0.39 is 0 Å². The number of rotatable bonds is 3. The maximum atomic E-state index is 13.6. The number of aromatic nitrogens is 2. The monoisotopic (exact) mass is 283 g/mol. The summed E-state index contributed by atoms with van der Waals surface area (Å²) in [5.41, 5.74) is 8.66. The molecule has 4 nitrogen and oxygen atoms in total. The van der Waals surface area contributed by atoms with Crippen molar-refractivity contribution in [2.75, 3.05) is 5.73 Å². The van der Waals surface area contributed by atoms with Crippen molar-refractivity contribution < 1.29 is 8.91 Å². The van der Waals surface area contributed by atoms with Crippen LogP contribution in [0.4, 0.5) is 10.1 Å². The highest BCUT2D eigenvalue weighted by atomic mass is 19.1. The van der Waals surface area contributed by atoms with E-state index >= 15 is 0 Å². The summed E-state index contributed by atoms with van der Waals surface area (Å²) in [5, 5.41) is 3.89. The highest BCUT2D eigenvalue weighted by molar-refractivity contribution is 5.55. The number of benzene rings is 2. The third kappa shape index (κ3) is 2.76. The van der Waals surface area contributed by atoms with E-state index in [9.17, 15) is 4.39 Å². The first kappa shape index (κ1) is 13.3. The SMILES string of the molecule is Cc1ccc(-c2noc(Cc3ccccc3N)n2)cc1F. The van der Waals surface area contributed by atoms with Crippen molar-refractivity contribution >= 4 is 5.69 Å². The Morgan fingerprint density at radius 3 is 2.76 bits per heavy atom. The fourth-order valence-electron chi connectivity index (χ4n) is 2.03. The average molecular weight is 283 g/mol. The number of anilines is 1. The lowest BCUT2D eigenvalue weighted by Crippen LogP contribution is -1.95. The summed E-state index contributed by atoms with van der Waals surface area (Å²) >= 11 is 0. The molecule has 0 aliphatic heterocycles. The fourth-order valence-corrected chi connectivity index (χ4v) is 2.03. The van der Waals surface area contributed by atoms with Crippen molar-refractivity contribution in [2.24, 2.45) is 0 Å². The summed E-state index contributed by atoms with van der Waals surface area (Å²) in [7, 11) is 0. The molecule has 0 unspecified atom stereocenters. The second kappa shape index (κ2) is 5.36. The van der Waals surface area contributed by atoms with Crippen LogP contribution in [0, 0.1) is 12.7 Å². The van der Waals surface area contributed by atoms with Gasteiger partial charge < -0.3 is 10.3 Å². The van der Waals surface area contributed by atoms with E-state index in [1.807, 2.05) is 24.3 Å². The Morgan fingerprint density at radius 2 is 2.00 bits per heavy atom. The van der Waals surface area contributed by atoms with Gasteiger partial charge in [0.05, 0.1) is 6.42 Å². The Kier molecular flexibility index (Phi) is 3.39. The van der Waals surface area contributed by atoms with E-state index in [1.54, 1.807) is 19.1 Å². The predicted octanol–water partition coefficient (Wildman–Crippen LogP) is 3.36. The number of halogens is 1. The summed E-state index contributed by atoms with van der Waals surface area (Å²) in [4.78, 5) is 4.29. The topological polar surface area (TPSA) is 64.9 Å². The molecule has 0 radical (unpaired) electrons. The Labute approximate surface area is 121 Å². The molecule has 2 aromatic carbocycles. The van der Waals surface area contributed by atoms with Crippen molar-refractivity contribution in [3.63, 3.8) is 0 Å². The minimum absolute atomic E-state index is 0.286. The van der Waals surface area contributed by atoms with Gasteiger partial charge in [0.1, 0.15) is 5.82 Å². The number of nitrogens with zero attached hydrogens (tertiary/aromatic N) is 2. The average Bonchev–Trinajstić information content (AvgIpc) is 2.93. The third-order valence-corrected chi connectivity index (χ3v) is 3.29. The lowest BCUT2D eigenvalue weighted by atomic mass is 10.1. The van der Waals surface area contributed by atoms with Crippen LogP contribution in [0.5, 0.6) is 0 Å². The summed E-state index contributed by atoms with van der Waals surface area (Å²) < 4.78 is 18.8. The summed E-state index contributed by atoms with van der Waals surface area (Å²) in [6.07, 6.45) is 0.452. The van der Waals surface area contributed by atoms with Gasteiger partial charge >= 0.3 is 0 Å². The van der Waals surface area contributed by atoms with Gasteiger partial charge in [-0.1, -0.05) is 35.5 Å². The molecule has 5 heteroatoms. The molecule has 3 aromatic rings. The van der Waals surface area contributed by atoms with Gasteiger partial charge in [0.25, 0.3) is 0 Å². The molecule has 0 amide bonds. The number of nitrogens with two attached hydrogens (primary N) is 1. The van der Waals surface area contributed by atoms with Crippen LogP contribution in [0.25, 0.3) is 11.4 Å². The Hall–Kier alpha value is -2.69. The number of hydrogen-bond donors (Lipinski definition) is 1. The fraction of sp³-hybridized carbons (Fsp3) is 0.125. The zero-order valence-corrected chi connectivity index (χ0v) is 11.5. The van der Waals surface area contributed by atoms with Crippen molar-refractivity contribution in [1.82, 2.24) is 10.1 Å². The quantitative estimate of drug-likeness (QED) is 0.748. The zero-order valence-electron chi connectivity index (χ0n) is 11.5. The van der Waals surface area contributed by atoms with Gasteiger partial charge in [-0.05, 0) is 30.2 Å². The van der Waals surface area contributed by atoms with Gasteiger partial charge in [-0.15, -0.1) is 0 Å². The summed E-state index contributed by atoms with van der Waals surface area (Å²) in [5.74, 6) is 0.536. The second-order valence-electron chi connectivity index (χ2n) is 4.85. The number of hydrogen-bond acceptors (Lipinski definition) is 4. The molecule has 0 saturated heterocycles. The molecular formula is C16H14FN3O. The molecule has 0 saturated carbocycles. The molecular weight excluding hydrogens is 269 g/mol. The predicted molar refractivity (Wildman–Crippen MR) is 78.1 cm³/mol. The van der Waals surface area contributed by atoms with Crippen molar-refractivity contribution in [2.45, 2.75) is 13.3 Å². The van der Waals surface area contributed by atoms with Gasteiger partial charge in [-0.2, -0.15) is 4.98 Å². The zero-order chi connectivity index (χ0) is 14.8. The highest BCUT2D eigenvalue weighted by Gasteiger charge is 2.11. The standard InChI is InChI=1S/C16H14FN3O/c1-10-6-7-12(8-13(10)17)16-19-15(21-20-16)9-11-4-2-3-5-14(11)18/h2-8H,9,18H2,1H3. The van der Waals surface area contributed by atoms with Crippen LogP contribution in [0.1, 0.15) is 17.0 Å². The van der Waals surface area contributed by atoms with Crippen molar-refractivity contribution in [1.29, 1.82) is 0 Å². The van der Waals surface area contributed by atoms with Crippen LogP contribution < -0.4 is 5.73 Å². The number of para-hydroxylation sites is 1. The van der Waals surface area contributed by atoms with E-state index in [4.69, 9.17) is 10.3 Å². The van der Waals surface area contributed by atoms with E-state index in [0.29, 0.717) is 35.0 Å². The smallest absolute Gasteiger partial charge is 0.231 e. The van der Waals surface area contributed by atoms with E-state index in [2.05, 4.69) is 10.1 Å². The van der Waals surface area contributed by atoms with Gasteiger partial charge in [-0.3, -0.25) is 0 Å². The highest BCUT2D eigenvalue weighted by Crippen LogP contribution is 2.21. The molecule has 0 fully saturated rings.